The number of carboxylic acid groups (broad SMARTS) is 1. The third-order valence-electron chi connectivity index (χ3n) is 2.13. The summed E-state index contributed by atoms with van der Waals surface area (Å²) in [5.74, 6) is -0.976. The molecule has 4 nitrogen and oxygen atoms in total. The smallest absolute Gasteiger partial charge is 0.306 e. The number of carbonyl (C=O) groups excluding carboxylic acids is 1. The summed E-state index contributed by atoms with van der Waals surface area (Å²) >= 11 is 0. The predicted molar refractivity (Wildman–Crippen MR) is 54.0 cm³/mol. The molecule has 0 aromatic heterocycles. The first-order chi connectivity index (χ1) is 6.57. The van der Waals surface area contributed by atoms with Gasteiger partial charge in [-0.05, 0) is 12.8 Å². The second kappa shape index (κ2) is 7.35. The topological polar surface area (TPSA) is 66.4 Å². The average Bonchev–Trinajstić information content (AvgIpc) is 2.16. The van der Waals surface area contributed by atoms with Gasteiger partial charge in [0, 0.05) is 13.0 Å². The van der Waals surface area contributed by atoms with E-state index in [-0.39, 0.29) is 11.8 Å². The Morgan fingerprint density at radius 3 is 2.50 bits per heavy atom. The summed E-state index contributed by atoms with van der Waals surface area (Å²) in [6.07, 6.45) is 2.88. The van der Waals surface area contributed by atoms with Crippen molar-refractivity contribution in [2.75, 3.05) is 6.54 Å². The lowest BCUT2D eigenvalue weighted by molar-refractivity contribution is -0.141. The Kier molecular flexibility index (Phi) is 6.80. The summed E-state index contributed by atoms with van der Waals surface area (Å²) in [6.45, 7) is 4.16. The van der Waals surface area contributed by atoms with E-state index in [4.69, 9.17) is 5.11 Å². The van der Waals surface area contributed by atoms with Crippen molar-refractivity contribution in [1.29, 1.82) is 0 Å². The van der Waals surface area contributed by atoms with E-state index < -0.39 is 5.97 Å². The Balaban J connectivity index is 3.30. The molecule has 0 saturated heterocycles. The van der Waals surface area contributed by atoms with E-state index in [1.54, 1.807) is 6.92 Å². The molecule has 1 unspecified atom stereocenters. The molecule has 4 heteroatoms. The SMILES string of the molecule is CCC(=O)NCCCCC(C)C(=O)O. The van der Waals surface area contributed by atoms with Crippen molar-refractivity contribution in [3.05, 3.63) is 0 Å². The Labute approximate surface area is 84.7 Å². The van der Waals surface area contributed by atoms with E-state index >= 15 is 0 Å². The maximum Gasteiger partial charge on any atom is 0.306 e. The van der Waals surface area contributed by atoms with Crippen molar-refractivity contribution in [2.45, 2.75) is 39.5 Å². The summed E-state index contributed by atoms with van der Waals surface area (Å²) in [7, 11) is 0. The van der Waals surface area contributed by atoms with Crippen LogP contribution in [0.1, 0.15) is 39.5 Å². The molecule has 0 heterocycles. The number of nitrogens with one attached hydrogen (secondary N) is 1. The van der Waals surface area contributed by atoms with E-state index in [0.717, 1.165) is 12.8 Å². The first-order valence-corrected chi connectivity index (χ1v) is 5.07. The van der Waals surface area contributed by atoms with Gasteiger partial charge in [-0.25, -0.2) is 0 Å². The van der Waals surface area contributed by atoms with Gasteiger partial charge < -0.3 is 10.4 Å². The molecule has 0 aliphatic carbocycles. The normalized spacial score (nSPS) is 12.1. The molecule has 0 saturated carbocycles. The number of carbonyl (C=O) groups is 2. The van der Waals surface area contributed by atoms with Crippen LogP contribution in [-0.2, 0) is 9.59 Å². The van der Waals surface area contributed by atoms with Gasteiger partial charge in [0.25, 0.3) is 0 Å². The summed E-state index contributed by atoms with van der Waals surface area (Å²) in [5, 5.41) is 11.3. The zero-order valence-corrected chi connectivity index (χ0v) is 8.88. The molecular weight excluding hydrogens is 182 g/mol. The van der Waals surface area contributed by atoms with Crippen LogP contribution in [0.25, 0.3) is 0 Å². The summed E-state index contributed by atoms with van der Waals surface area (Å²) in [6, 6.07) is 0. The van der Waals surface area contributed by atoms with Gasteiger partial charge in [-0.1, -0.05) is 20.3 Å². The van der Waals surface area contributed by atoms with Crippen molar-refractivity contribution in [3.8, 4) is 0 Å². The van der Waals surface area contributed by atoms with Crippen LogP contribution in [0.3, 0.4) is 0 Å². The maximum atomic E-state index is 10.8. The first kappa shape index (κ1) is 12.9. The van der Waals surface area contributed by atoms with Crippen LogP contribution in [0, 0.1) is 5.92 Å². The van der Waals surface area contributed by atoms with E-state index in [0.29, 0.717) is 19.4 Å². The average molecular weight is 201 g/mol. The Bertz CT molecular complexity index is 192. The van der Waals surface area contributed by atoms with Gasteiger partial charge in [-0.3, -0.25) is 9.59 Å². The van der Waals surface area contributed by atoms with E-state index in [1.165, 1.54) is 0 Å². The highest BCUT2D eigenvalue weighted by Gasteiger charge is 2.09. The van der Waals surface area contributed by atoms with Crippen LogP contribution in [0.15, 0.2) is 0 Å². The molecule has 14 heavy (non-hydrogen) atoms. The van der Waals surface area contributed by atoms with Crippen molar-refractivity contribution < 1.29 is 14.7 Å². The second-order valence-corrected chi connectivity index (χ2v) is 3.44. The molecule has 0 aromatic rings. The van der Waals surface area contributed by atoms with Gasteiger partial charge in [0.1, 0.15) is 0 Å². The fraction of sp³-hybridized carbons (Fsp3) is 0.800. The number of unbranched alkanes of at least 4 members (excludes halogenated alkanes) is 1. The Morgan fingerprint density at radius 2 is 2.00 bits per heavy atom. The molecule has 0 radical (unpaired) electrons. The predicted octanol–water partition coefficient (Wildman–Crippen LogP) is 1.40. The van der Waals surface area contributed by atoms with E-state index in [2.05, 4.69) is 5.32 Å². The Morgan fingerprint density at radius 1 is 1.36 bits per heavy atom. The fourth-order valence-electron chi connectivity index (χ4n) is 1.05. The third kappa shape index (κ3) is 6.46. The minimum Gasteiger partial charge on any atom is -0.481 e. The first-order valence-electron chi connectivity index (χ1n) is 5.07. The standard InChI is InChI=1S/C10H19NO3/c1-3-9(12)11-7-5-4-6-8(2)10(13)14/h8H,3-7H2,1-2H3,(H,11,12)(H,13,14). The molecule has 1 amide bonds. The number of aliphatic carboxylic acids is 1. The zero-order valence-electron chi connectivity index (χ0n) is 8.88. The maximum absolute atomic E-state index is 10.8. The molecule has 0 aliphatic heterocycles. The van der Waals surface area contributed by atoms with E-state index in [1.807, 2.05) is 6.92 Å². The molecule has 0 spiro atoms. The van der Waals surface area contributed by atoms with E-state index in [9.17, 15) is 9.59 Å². The lowest BCUT2D eigenvalue weighted by Gasteiger charge is -2.06. The van der Waals surface area contributed by atoms with Crippen LogP contribution in [0.2, 0.25) is 0 Å². The Hall–Kier alpha value is -1.06. The van der Waals surface area contributed by atoms with Gasteiger partial charge in [0.2, 0.25) is 5.91 Å². The van der Waals surface area contributed by atoms with Crippen LogP contribution < -0.4 is 5.32 Å². The number of carboxylic acids is 1. The highest BCUT2D eigenvalue weighted by Crippen LogP contribution is 2.06. The van der Waals surface area contributed by atoms with Gasteiger partial charge >= 0.3 is 5.97 Å². The molecule has 0 bridgehead atoms. The van der Waals surface area contributed by atoms with Crippen LogP contribution >= 0.6 is 0 Å². The minimum absolute atomic E-state index is 0.0521. The molecule has 0 aromatic carbocycles. The van der Waals surface area contributed by atoms with Crippen molar-refractivity contribution in [2.24, 2.45) is 5.92 Å². The quantitative estimate of drug-likeness (QED) is 0.612. The zero-order chi connectivity index (χ0) is 11.0. The lowest BCUT2D eigenvalue weighted by atomic mass is 10.0. The molecule has 0 fully saturated rings. The van der Waals surface area contributed by atoms with Gasteiger partial charge in [-0.15, -0.1) is 0 Å². The number of hydrogen-bond acceptors (Lipinski definition) is 2. The van der Waals surface area contributed by atoms with Gasteiger partial charge in [0.15, 0.2) is 0 Å². The van der Waals surface area contributed by atoms with Crippen LogP contribution in [0.5, 0.6) is 0 Å². The van der Waals surface area contributed by atoms with Crippen LogP contribution in [-0.4, -0.2) is 23.5 Å². The summed E-state index contributed by atoms with van der Waals surface area (Å²) in [4.78, 5) is 21.3. The monoisotopic (exact) mass is 201 g/mol. The van der Waals surface area contributed by atoms with Crippen molar-refractivity contribution in [3.63, 3.8) is 0 Å². The largest absolute Gasteiger partial charge is 0.481 e. The number of rotatable bonds is 7. The fourth-order valence-corrected chi connectivity index (χ4v) is 1.05. The highest BCUT2D eigenvalue weighted by atomic mass is 16.4. The lowest BCUT2D eigenvalue weighted by Crippen LogP contribution is -2.23. The van der Waals surface area contributed by atoms with Crippen LogP contribution in [0.4, 0.5) is 0 Å². The number of hydrogen-bond donors (Lipinski definition) is 2. The van der Waals surface area contributed by atoms with Gasteiger partial charge in [0.05, 0.1) is 5.92 Å². The van der Waals surface area contributed by atoms with Crippen molar-refractivity contribution in [1.82, 2.24) is 5.32 Å². The molecule has 2 N–H and O–H groups in total. The molecule has 82 valence electrons. The molecule has 0 rings (SSSR count). The summed E-state index contributed by atoms with van der Waals surface area (Å²) < 4.78 is 0. The molecule has 1 atom stereocenters. The van der Waals surface area contributed by atoms with Crippen molar-refractivity contribution >= 4 is 11.9 Å². The highest BCUT2D eigenvalue weighted by molar-refractivity contribution is 5.75. The second-order valence-electron chi connectivity index (χ2n) is 3.44. The third-order valence-corrected chi connectivity index (χ3v) is 2.13. The summed E-state index contributed by atoms with van der Waals surface area (Å²) in [5.41, 5.74) is 0. The molecule has 0 aliphatic rings. The minimum atomic E-state index is -0.748. The molecular formula is C10H19NO3. The number of amides is 1. The van der Waals surface area contributed by atoms with Gasteiger partial charge in [-0.2, -0.15) is 0 Å².